The fourth-order valence-electron chi connectivity index (χ4n) is 5.20. The number of aliphatic hydroxyl groups is 3. The number of benzene rings is 1. The molecule has 3 rings (SSSR count). The fraction of sp³-hybridized carbons (Fsp3) is 0.622. The molecule has 1 aromatic rings. The number of carboxylic acids is 1. The van der Waals surface area contributed by atoms with Crippen LogP contribution in [0.2, 0.25) is 0 Å². The molecule has 0 spiro atoms. The number of carbonyl (C=O) groups excluding carboxylic acids is 5. The van der Waals surface area contributed by atoms with Gasteiger partial charge in [-0.3, -0.25) is 28.9 Å². The van der Waals surface area contributed by atoms with Crippen LogP contribution in [0.3, 0.4) is 0 Å². The number of nitrogens with one attached hydrogen (secondary N) is 2. The van der Waals surface area contributed by atoms with Gasteiger partial charge in [0.2, 0.25) is 12.2 Å². The molecule has 0 radical (unpaired) electrons. The molecule has 4 amide bonds. The lowest BCUT2D eigenvalue weighted by Gasteiger charge is -2.38. The quantitative estimate of drug-likeness (QED) is 0.0435. The van der Waals surface area contributed by atoms with Crippen molar-refractivity contribution in [2.75, 3.05) is 59.3 Å². The van der Waals surface area contributed by atoms with Gasteiger partial charge in [0.15, 0.2) is 6.10 Å². The molecular weight excluding hydrogens is 742 g/mol. The number of rotatable bonds is 24. The van der Waals surface area contributed by atoms with Crippen LogP contribution in [0.15, 0.2) is 30.4 Å². The van der Waals surface area contributed by atoms with E-state index in [0.29, 0.717) is 64.2 Å². The minimum absolute atomic E-state index is 0.0588. The van der Waals surface area contributed by atoms with Gasteiger partial charge in [-0.25, -0.2) is 4.79 Å². The van der Waals surface area contributed by atoms with Crippen LogP contribution < -0.4 is 15.4 Å². The maximum absolute atomic E-state index is 13.3. The third kappa shape index (κ3) is 14.9. The van der Waals surface area contributed by atoms with E-state index in [0.717, 1.165) is 0 Å². The molecule has 2 aliphatic heterocycles. The number of imide groups is 1. The van der Waals surface area contributed by atoms with Gasteiger partial charge in [-0.2, -0.15) is 0 Å². The van der Waals surface area contributed by atoms with E-state index in [-0.39, 0.29) is 62.0 Å². The van der Waals surface area contributed by atoms with E-state index in [1.807, 2.05) is 0 Å². The summed E-state index contributed by atoms with van der Waals surface area (Å²) in [5, 5.41) is 45.4. The van der Waals surface area contributed by atoms with Crippen molar-refractivity contribution in [3.63, 3.8) is 0 Å². The second-order valence-corrected chi connectivity index (χ2v) is 13.9. The molecule has 0 unspecified atom stereocenters. The lowest BCUT2D eigenvalue weighted by molar-refractivity contribution is -0.271. The Balaban J connectivity index is 1.32. The van der Waals surface area contributed by atoms with Gasteiger partial charge >= 0.3 is 11.9 Å². The Bertz CT molecular complexity index is 1510. The van der Waals surface area contributed by atoms with Crippen molar-refractivity contribution in [1.82, 2.24) is 15.5 Å². The highest BCUT2D eigenvalue weighted by Crippen LogP contribution is 2.28. The van der Waals surface area contributed by atoms with Crippen LogP contribution in [0.5, 0.6) is 5.75 Å². The summed E-state index contributed by atoms with van der Waals surface area (Å²) in [7, 11) is 0. The predicted octanol–water partition coefficient (Wildman–Crippen LogP) is -0.572. The summed E-state index contributed by atoms with van der Waals surface area (Å²) in [5.74, 6) is -3.60. The number of aliphatic carboxylic acids is 1. The number of carbonyl (C=O) groups is 6. The second kappa shape index (κ2) is 22.9. The van der Waals surface area contributed by atoms with Crippen molar-refractivity contribution in [3.8, 4) is 5.75 Å². The molecule has 1 fully saturated rings. The van der Waals surface area contributed by atoms with Crippen LogP contribution in [0.4, 0.5) is 0 Å². The molecule has 1 aromatic carbocycles. The Kier molecular flexibility index (Phi) is 18.8. The van der Waals surface area contributed by atoms with E-state index in [9.17, 15) is 49.2 Å². The molecule has 0 saturated carbocycles. The standard InChI is InChI=1S/C37H53N3O16/c1-37(2,3)36(50)54-22-23-8-9-25(55-35-31(46)29(44)30(45)32(56-35)34(48)49)24(21-23)33(47)39-13-16-52-18-20-53-19-17-51-15-12-38-26(41)7-5-4-6-14-40-27(42)10-11-28(40)43/h8-11,21,29-32,35,44-46H,4-7,12-20,22H2,1-3H3,(H,38,41)(H,39,47)(H,48,49)/t29-,30-,31+,32-,35+/m0/s1. The summed E-state index contributed by atoms with van der Waals surface area (Å²) in [6, 6.07) is 4.21. The minimum atomic E-state index is -1.93. The molecule has 56 heavy (non-hydrogen) atoms. The molecule has 312 valence electrons. The lowest BCUT2D eigenvalue weighted by Crippen LogP contribution is -2.61. The molecular formula is C37H53N3O16. The maximum atomic E-state index is 13.3. The molecule has 19 heteroatoms. The van der Waals surface area contributed by atoms with Crippen LogP contribution in [0, 0.1) is 5.41 Å². The van der Waals surface area contributed by atoms with E-state index in [1.165, 1.54) is 35.3 Å². The first-order valence-corrected chi connectivity index (χ1v) is 18.3. The Hall–Kier alpha value is -4.50. The first-order valence-electron chi connectivity index (χ1n) is 18.3. The summed E-state index contributed by atoms with van der Waals surface area (Å²) in [4.78, 5) is 73.3. The average Bonchev–Trinajstić information content (AvgIpc) is 3.47. The topological polar surface area (TPSA) is 266 Å². The minimum Gasteiger partial charge on any atom is -0.479 e. The number of carboxylic acid groups (broad SMARTS) is 1. The summed E-state index contributed by atoms with van der Waals surface area (Å²) < 4.78 is 32.6. The van der Waals surface area contributed by atoms with Crippen LogP contribution in [0.25, 0.3) is 0 Å². The Morgan fingerprint density at radius 3 is 2.02 bits per heavy atom. The lowest BCUT2D eigenvalue weighted by atomic mass is 9.97. The molecule has 6 N–H and O–H groups in total. The molecule has 2 aliphatic rings. The summed E-state index contributed by atoms with van der Waals surface area (Å²) in [5.41, 5.74) is -0.434. The van der Waals surface area contributed by atoms with Gasteiger partial charge < -0.3 is 59.5 Å². The summed E-state index contributed by atoms with van der Waals surface area (Å²) >= 11 is 0. The zero-order valence-electron chi connectivity index (χ0n) is 31.8. The van der Waals surface area contributed by atoms with Crippen LogP contribution in [-0.2, 0) is 54.3 Å². The monoisotopic (exact) mass is 795 g/mol. The molecule has 2 heterocycles. The highest BCUT2D eigenvalue weighted by Gasteiger charge is 2.48. The molecule has 0 bridgehead atoms. The fourth-order valence-corrected chi connectivity index (χ4v) is 5.20. The largest absolute Gasteiger partial charge is 0.479 e. The third-order valence-electron chi connectivity index (χ3n) is 8.36. The SMILES string of the molecule is CC(C)(C)C(=O)OCc1ccc(O[C@@H]2O[C@H](C(=O)O)[C@@H](O)[C@H](O)[C@H]2O)c(C(=O)NCCOCCOCCOCCNC(=O)CCCCCN2C(=O)C=CC2=O)c1. The van der Waals surface area contributed by atoms with Crippen molar-refractivity contribution >= 4 is 35.6 Å². The molecule has 5 atom stereocenters. The third-order valence-corrected chi connectivity index (χ3v) is 8.36. The van der Waals surface area contributed by atoms with Crippen LogP contribution in [-0.4, -0.2) is 151 Å². The highest BCUT2D eigenvalue weighted by atomic mass is 16.7. The smallest absolute Gasteiger partial charge is 0.335 e. The first-order chi connectivity index (χ1) is 26.6. The van der Waals surface area contributed by atoms with Crippen LogP contribution in [0.1, 0.15) is 62.4 Å². The number of ether oxygens (including phenoxy) is 6. The van der Waals surface area contributed by atoms with Gasteiger partial charge in [-0.05, 0) is 51.3 Å². The molecule has 0 aromatic heterocycles. The highest BCUT2D eigenvalue weighted by molar-refractivity contribution is 6.12. The van der Waals surface area contributed by atoms with E-state index in [4.69, 9.17) is 28.4 Å². The zero-order valence-corrected chi connectivity index (χ0v) is 31.8. The van der Waals surface area contributed by atoms with E-state index < -0.39 is 54.0 Å². The van der Waals surface area contributed by atoms with Gasteiger partial charge in [-0.1, -0.05) is 12.5 Å². The summed E-state index contributed by atoms with van der Waals surface area (Å²) in [6.45, 7) is 7.09. The number of esters is 1. The van der Waals surface area contributed by atoms with Gasteiger partial charge in [0, 0.05) is 38.2 Å². The number of amides is 4. The normalized spacial score (nSPS) is 20.9. The van der Waals surface area contributed by atoms with Crippen molar-refractivity contribution in [2.24, 2.45) is 5.41 Å². The Morgan fingerprint density at radius 1 is 0.804 bits per heavy atom. The van der Waals surface area contributed by atoms with E-state index >= 15 is 0 Å². The van der Waals surface area contributed by atoms with Crippen molar-refractivity contribution in [2.45, 2.75) is 83.8 Å². The zero-order chi connectivity index (χ0) is 41.3. The molecule has 0 aliphatic carbocycles. The maximum Gasteiger partial charge on any atom is 0.335 e. The van der Waals surface area contributed by atoms with Crippen molar-refractivity contribution in [1.29, 1.82) is 0 Å². The number of nitrogens with zero attached hydrogens (tertiary/aromatic N) is 1. The number of hydrogen-bond donors (Lipinski definition) is 6. The second-order valence-electron chi connectivity index (χ2n) is 13.9. The summed E-state index contributed by atoms with van der Waals surface area (Å²) in [6.07, 6.45) is -4.57. The van der Waals surface area contributed by atoms with Gasteiger partial charge in [0.25, 0.3) is 17.7 Å². The van der Waals surface area contributed by atoms with E-state index in [1.54, 1.807) is 20.8 Å². The number of aliphatic hydroxyl groups excluding tert-OH is 3. The number of hydrogen-bond acceptors (Lipinski definition) is 15. The van der Waals surface area contributed by atoms with Crippen molar-refractivity contribution < 1.29 is 77.6 Å². The van der Waals surface area contributed by atoms with Crippen LogP contribution >= 0.6 is 0 Å². The van der Waals surface area contributed by atoms with E-state index in [2.05, 4.69) is 10.6 Å². The predicted molar refractivity (Wildman–Crippen MR) is 193 cm³/mol. The van der Waals surface area contributed by atoms with Gasteiger partial charge in [-0.15, -0.1) is 0 Å². The van der Waals surface area contributed by atoms with Gasteiger partial charge in [0.05, 0.1) is 50.6 Å². The first kappa shape index (κ1) is 45.9. The van der Waals surface area contributed by atoms with Gasteiger partial charge in [0.1, 0.15) is 30.7 Å². The molecule has 1 saturated heterocycles. The molecule has 19 nitrogen and oxygen atoms in total. The number of unbranched alkanes of at least 4 members (excludes halogenated alkanes) is 2. The average molecular weight is 796 g/mol. The van der Waals surface area contributed by atoms with Crippen molar-refractivity contribution in [3.05, 3.63) is 41.5 Å². The Morgan fingerprint density at radius 2 is 1.41 bits per heavy atom. The Labute approximate surface area is 324 Å².